The maximum absolute atomic E-state index is 9.16. The lowest BCUT2D eigenvalue weighted by Gasteiger charge is -2.45. The van der Waals surface area contributed by atoms with E-state index in [0.717, 1.165) is 6.42 Å². The summed E-state index contributed by atoms with van der Waals surface area (Å²) in [6, 6.07) is 6.18. The Kier molecular flexibility index (Phi) is 2.98. The van der Waals surface area contributed by atoms with Crippen molar-refractivity contribution in [3.8, 4) is 11.8 Å². The first-order chi connectivity index (χ1) is 8.40. The predicted molar refractivity (Wildman–Crippen MR) is 73.2 cm³/mol. The van der Waals surface area contributed by atoms with Crippen LogP contribution in [0.2, 0.25) is 0 Å². The van der Waals surface area contributed by atoms with Gasteiger partial charge in [-0.2, -0.15) is 5.26 Å². The molecule has 1 heterocycles. The molecule has 1 aromatic rings. The fourth-order valence-electron chi connectivity index (χ4n) is 2.85. The number of ether oxygens (including phenoxy) is 1. The van der Waals surface area contributed by atoms with E-state index < -0.39 is 0 Å². The number of benzene rings is 1. The van der Waals surface area contributed by atoms with E-state index in [1.54, 1.807) is 7.11 Å². The molecular formula is C15H20N2O. The summed E-state index contributed by atoms with van der Waals surface area (Å²) in [5.41, 5.74) is 3.17. The minimum absolute atomic E-state index is 0.131. The van der Waals surface area contributed by atoms with Gasteiger partial charge in [-0.1, -0.05) is 6.92 Å². The number of nitriles is 1. The molecule has 0 radical (unpaired) electrons. The van der Waals surface area contributed by atoms with Crippen molar-refractivity contribution in [1.29, 1.82) is 5.26 Å². The van der Waals surface area contributed by atoms with Crippen molar-refractivity contribution in [1.82, 2.24) is 0 Å². The topological polar surface area (TPSA) is 36.3 Å². The van der Waals surface area contributed by atoms with Gasteiger partial charge in [0.25, 0.3) is 0 Å². The van der Waals surface area contributed by atoms with E-state index in [-0.39, 0.29) is 5.54 Å². The van der Waals surface area contributed by atoms with Gasteiger partial charge in [0.1, 0.15) is 11.8 Å². The molecule has 0 bridgehead atoms. The van der Waals surface area contributed by atoms with Gasteiger partial charge >= 0.3 is 0 Å². The molecule has 1 aliphatic rings. The van der Waals surface area contributed by atoms with Crippen LogP contribution in [0.15, 0.2) is 12.1 Å². The van der Waals surface area contributed by atoms with Crippen molar-refractivity contribution >= 4 is 5.69 Å². The summed E-state index contributed by atoms with van der Waals surface area (Å²) in [5.74, 6) is 1.12. The summed E-state index contributed by atoms with van der Waals surface area (Å²) in [6.07, 6.45) is 1.09. The molecule has 18 heavy (non-hydrogen) atoms. The highest BCUT2D eigenvalue weighted by molar-refractivity contribution is 5.65. The third kappa shape index (κ3) is 1.82. The zero-order chi connectivity index (χ0) is 13.5. The van der Waals surface area contributed by atoms with Crippen LogP contribution in [0.4, 0.5) is 5.69 Å². The van der Waals surface area contributed by atoms with Gasteiger partial charge in [-0.15, -0.1) is 0 Å². The second-order valence-electron chi connectivity index (χ2n) is 5.70. The standard InChI is InChI=1S/C15H20N2O/c1-10-8-15(2,3)17(4)13-7-14(18-5)11(9-16)6-12(10)13/h6-7,10H,8H2,1-5H3. The Morgan fingerprint density at radius 2 is 2.11 bits per heavy atom. The lowest BCUT2D eigenvalue weighted by Crippen LogP contribution is -2.45. The highest BCUT2D eigenvalue weighted by Gasteiger charge is 2.34. The maximum atomic E-state index is 9.16. The molecular weight excluding hydrogens is 224 g/mol. The number of hydrogen-bond donors (Lipinski definition) is 0. The highest BCUT2D eigenvalue weighted by Crippen LogP contribution is 2.44. The van der Waals surface area contributed by atoms with E-state index in [0.29, 0.717) is 17.2 Å². The fourth-order valence-corrected chi connectivity index (χ4v) is 2.85. The second-order valence-corrected chi connectivity index (χ2v) is 5.70. The van der Waals surface area contributed by atoms with Gasteiger partial charge < -0.3 is 9.64 Å². The molecule has 1 aromatic carbocycles. The van der Waals surface area contributed by atoms with Crippen LogP contribution in [0.1, 0.15) is 44.2 Å². The van der Waals surface area contributed by atoms with Crippen molar-refractivity contribution in [2.45, 2.75) is 38.6 Å². The van der Waals surface area contributed by atoms with Gasteiger partial charge in [0.2, 0.25) is 0 Å². The number of anilines is 1. The van der Waals surface area contributed by atoms with Gasteiger partial charge in [0, 0.05) is 24.3 Å². The first-order valence-electron chi connectivity index (χ1n) is 6.26. The van der Waals surface area contributed by atoms with Crippen LogP contribution in [0.25, 0.3) is 0 Å². The van der Waals surface area contributed by atoms with E-state index in [2.05, 4.69) is 38.8 Å². The monoisotopic (exact) mass is 244 g/mol. The number of methoxy groups -OCH3 is 1. The third-order valence-electron chi connectivity index (χ3n) is 4.08. The molecule has 0 aromatic heterocycles. The maximum Gasteiger partial charge on any atom is 0.138 e. The minimum atomic E-state index is 0.131. The number of rotatable bonds is 1. The average Bonchev–Trinajstić information content (AvgIpc) is 2.34. The quantitative estimate of drug-likeness (QED) is 0.760. The van der Waals surface area contributed by atoms with Gasteiger partial charge in [0.05, 0.1) is 12.7 Å². The number of nitrogens with zero attached hydrogens (tertiary/aromatic N) is 2. The Balaban J connectivity index is 2.63. The molecule has 1 unspecified atom stereocenters. The van der Waals surface area contributed by atoms with E-state index >= 15 is 0 Å². The average molecular weight is 244 g/mol. The molecule has 3 heteroatoms. The molecule has 0 spiro atoms. The smallest absolute Gasteiger partial charge is 0.138 e. The Bertz CT molecular complexity index is 514. The molecule has 0 aliphatic carbocycles. The summed E-state index contributed by atoms with van der Waals surface area (Å²) >= 11 is 0. The van der Waals surface area contributed by atoms with Crippen molar-refractivity contribution in [3.63, 3.8) is 0 Å². The zero-order valence-electron chi connectivity index (χ0n) is 11.7. The Morgan fingerprint density at radius 3 is 2.67 bits per heavy atom. The molecule has 1 atom stereocenters. The van der Waals surface area contributed by atoms with Crippen LogP contribution in [0.3, 0.4) is 0 Å². The van der Waals surface area contributed by atoms with Crippen molar-refractivity contribution in [2.75, 3.05) is 19.1 Å². The van der Waals surface area contributed by atoms with Crippen molar-refractivity contribution < 1.29 is 4.74 Å². The first kappa shape index (κ1) is 12.8. The fraction of sp³-hybridized carbons (Fsp3) is 0.533. The molecule has 2 rings (SSSR count). The molecule has 96 valence electrons. The number of hydrogen-bond acceptors (Lipinski definition) is 3. The SMILES string of the molecule is COc1cc2c(cc1C#N)C(C)CC(C)(C)N2C. The van der Waals surface area contributed by atoms with Crippen LogP contribution < -0.4 is 9.64 Å². The summed E-state index contributed by atoms with van der Waals surface area (Å²) < 4.78 is 5.30. The molecule has 1 aliphatic heterocycles. The highest BCUT2D eigenvalue weighted by atomic mass is 16.5. The van der Waals surface area contributed by atoms with Crippen molar-refractivity contribution in [2.24, 2.45) is 0 Å². The second kappa shape index (κ2) is 4.20. The largest absolute Gasteiger partial charge is 0.495 e. The lowest BCUT2D eigenvalue weighted by molar-refractivity contribution is 0.389. The number of fused-ring (bicyclic) bond motifs is 1. The summed E-state index contributed by atoms with van der Waals surface area (Å²) in [6.45, 7) is 6.72. The van der Waals surface area contributed by atoms with Crippen LogP contribution in [-0.2, 0) is 0 Å². The normalized spacial score (nSPS) is 21.1. The first-order valence-corrected chi connectivity index (χ1v) is 6.26. The molecule has 0 N–H and O–H groups in total. The summed E-state index contributed by atoms with van der Waals surface area (Å²) in [4.78, 5) is 2.28. The third-order valence-corrected chi connectivity index (χ3v) is 4.08. The van der Waals surface area contributed by atoms with Crippen LogP contribution in [0, 0.1) is 11.3 Å². The van der Waals surface area contributed by atoms with Gasteiger partial charge in [-0.3, -0.25) is 0 Å². The Morgan fingerprint density at radius 1 is 1.44 bits per heavy atom. The van der Waals surface area contributed by atoms with Crippen LogP contribution >= 0.6 is 0 Å². The van der Waals surface area contributed by atoms with E-state index in [9.17, 15) is 0 Å². The van der Waals surface area contributed by atoms with Crippen LogP contribution in [-0.4, -0.2) is 19.7 Å². The van der Waals surface area contributed by atoms with Gasteiger partial charge in [-0.05, 0) is 37.8 Å². The molecule has 0 fully saturated rings. The Hall–Kier alpha value is -1.69. The van der Waals surface area contributed by atoms with E-state index in [1.807, 2.05) is 12.1 Å². The zero-order valence-corrected chi connectivity index (χ0v) is 11.7. The molecule has 0 amide bonds. The summed E-state index contributed by atoms with van der Waals surface area (Å²) in [7, 11) is 3.72. The van der Waals surface area contributed by atoms with E-state index in [1.165, 1.54) is 11.3 Å². The summed E-state index contributed by atoms with van der Waals surface area (Å²) in [5, 5.41) is 9.16. The Labute approximate surface area is 109 Å². The predicted octanol–water partition coefficient (Wildman–Crippen LogP) is 3.29. The lowest BCUT2D eigenvalue weighted by atomic mass is 9.80. The van der Waals surface area contributed by atoms with E-state index in [4.69, 9.17) is 10.00 Å². The minimum Gasteiger partial charge on any atom is -0.495 e. The van der Waals surface area contributed by atoms with Crippen LogP contribution in [0.5, 0.6) is 5.75 Å². The molecule has 3 nitrogen and oxygen atoms in total. The molecule has 0 saturated heterocycles. The molecule has 0 saturated carbocycles. The van der Waals surface area contributed by atoms with Gasteiger partial charge in [0.15, 0.2) is 0 Å². The van der Waals surface area contributed by atoms with Crippen molar-refractivity contribution in [3.05, 3.63) is 23.3 Å². The van der Waals surface area contributed by atoms with Gasteiger partial charge in [-0.25, -0.2) is 0 Å².